The summed E-state index contributed by atoms with van der Waals surface area (Å²) in [6.45, 7) is 5.54. The molecule has 0 fully saturated rings. The van der Waals surface area contributed by atoms with Crippen molar-refractivity contribution >= 4 is 11.9 Å². The molecule has 0 aromatic carbocycles. The van der Waals surface area contributed by atoms with Crippen LogP contribution < -0.4 is 5.32 Å². The Hall–Kier alpha value is -1.10. The lowest BCUT2D eigenvalue weighted by molar-refractivity contribution is -0.149. The number of carboxylic acids is 1. The van der Waals surface area contributed by atoms with E-state index in [1.54, 1.807) is 0 Å². The molecule has 1 atom stereocenters. The van der Waals surface area contributed by atoms with Gasteiger partial charge in [0.1, 0.15) is 6.04 Å². The molecular formula is C31H61NO4. The van der Waals surface area contributed by atoms with Gasteiger partial charge in [0, 0.05) is 0 Å². The van der Waals surface area contributed by atoms with Crippen LogP contribution in [0, 0.1) is 0 Å². The summed E-state index contributed by atoms with van der Waals surface area (Å²) in [5, 5.41) is 12.4. The molecule has 0 spiro atoms. The topological polar surface area (TPSA) is 75.6 Å². The summed E-state index contributed by atoms with van der Waals surface area (Å²) >= 11 is 0. The van der Waals surface area contributed by atoms with Gasteiger partial charge in [-0.05, 0) is 19.4 Å². The minimum Gasteiger partial charge on any atom is -0.480 e. The first kappa shape index (κ1) is 34.9. The normalized spacial score (nSPS) is 12.1. The molecular weight excluding hydrogens is 450 g/mol. The summed E-state index contributed by atoms with van der Waals surface area (Å²) in [6.07, 6.45) is 29.1. The maximum absolute atomic E-state index is 12.0. The van der Waals surface area contributed by atoms with Crippen molar-refractivity contribution in [3.05, 3.63) is 0 Å². The van der Waals surface area contributed by atoms with E-state index in [1.807, 2.05) is 0 Å². The van der Waals surface area contributed by atoms with Crippen molar-refractivity contribution in [3.63, 3.8) is 0 Å². The second kappa shape index (κ2) is 28.5. The average molecular weight is 512 g/mol. The predicted octanol–water partition coefficient (Wildman–Crippen LogP) is 8.97. The maximum atomic E-state index is 12.0. The van der Waals surface area contributed by atoms with Gasteiger partial charge >= 0.3 is 11.9 Å². The van der Waals surface area contributed by atoms with Crippen LogP contribution in [-0.4, -0.2) is 36.2 Å². The molecule has 0 rings (SSSR count). The highest BCUT2D eigenvalue weighted by atomic mass is 16.5. The van der Waals surface area contributed by atoms with E-state index >= 15 is 0 Å². The minimum absolute atomic E-state index is 0.0919. The van der Waals surface area contributed by atoms with Crippen LogP contribution in [-0.2, 0) is 14.3 Å². The Kier molecular flexibility index (Phi) is 27.6. The number of carboxylic acid groups (broad SMARTS) is 1. The zero-order chi connectivity index (χ0) is 26.5. The van der Waals surface area contributed by atoms with Crippen LogP contribution in [0.5, 0.6) is 0 Å². The number of ether oxygens (including phenoxy) is 1. The molecule has 214 valence electrons. The van der Waals surface area contributed by atoms with E-state index in [4.69, 9.17) is 4.74 Å². The molecule has 0 aliphatic carbocycles. The molecule has 36 heavy (non-hydrogen) atoms. The molecule has 2 N–H and O–H groups in total. The summed E-state index contributed by atoms with van der Waals surface area (Å²) < 4.78 is 5.27. The maximum Gasteiger partial charge on any atom is 0.321 e. The van der Waals surface area contributed by atoms with Crippen LogP contribution in [0.15, 0.2) is 0 Å². The molecule has 0 saturated carbocycles. The van der Waals surface area contributed by atoms with Gasteiger partial charge in [-0.15, -0.1) is 0 Å². The van der Waals surface area contributed by atoms with Gasteiger partial charge in [0.2, 0.25) is 0 Å². The lowest BCUT2D eigenvalue weighted by Gasteiger charge is -2.14. The third-order valence-corrected chi connectivity index (χ3v) is 7.10. The molecule has 1 unspecified atom stereocenters. The third kappa shape index (κ3) is 26.0. The van der Waals surface area contributed by atoms with Crippen molar-refractivity contribution in [2.45, 2.75) is 174 Å². The van der Waals surface area contributed by atoms with E-state index in [0.717, 1.165) is 25.7 Å². The van der Waals surface area contributed by atoms with Crippen LogP contribution in [0.2, 0.25) is 0 Å². The number of rotatable bonds is 29. The zero-order valence-corrected chi connectivity index (χ0v) is 24.1. The standard InChI is InChI=1S/C31H61NO4/c1-3-5-7-9-11-13-14-15-16-17-18-20-22-24-26-32-29(31(34)35)28-30(33)36-27-25-23-21-19-12-10-8-6-4-2/h29,32H,3-28H2,1-2H3,(H,34,35). The van der Waals surface area contributed by atoms with Gasteiger partial charge in [0.05, 0.1) is 13.0 Å². The molecule has 0 saturated heterocycles. The Morgan fingerprint density at radius 1 is 0.583 bits per heavy atom. The van der Waals surface area contributed by atoms with Gasteiger partial charge in [-0.2, -0.15) is 0 Å². The summed E-state index contributed by atoms with van der Waals surface area (Å²) in [4.78, 5) is 23.5. The van der Waals surface area contributed by atoms with Gasteiger partial charge in [-0.3, -0.25) is 9.59 Å². The van der Waals surface area contributed by atoms with Gasteiger partial charge in [0.25, 0.3) is 0 Å². The van der Waals surface area contributed by atoms with E-state index in [2.05, 4.69) is 19.2 Å². The number of unbranched alkanes of at least 4 members (excludes halogenated alkanes) is 21. The highest BCUT2D eigenvalue weighted by Gasteiger charge is 2.21. The van der Waals surface area contributed by atoms with Gasteiger partial charge < -0.3 is 15.2 Å². The zero-order valence-electron chi connectivity index (χ0n) is 24.1. The predicted molar refractivity (Wildman–Crippen MR) is 153 cm³/mol. The number of carbonyl (C=O) groups excluding carboxylic acids is 1. The Morgan fingerprint density at radius 3 is 1.33 bits per heavy atom. The summed E-state index contributed by atoms with van der Waals surface area (Å²) in [6, 6.07) is -0.845. The van der Waals surface area contributed by atoms with Crippen molar-refractivity contribution < 1.29 is 19.4 Å². The van der Waals surface area contributed by atoms with Crippen LogP contribution in [0.25, 0.3) is 0 Å². The van der Waals surface area contributed by atoms with Crippen LogP contribution in [0.3, 0.4) is 0 Å². The Bertz CT molecular complexity index is 483. The number of carbonyl (C=O) groups is 2. The van der Waals surface area contributed by atoms with E-state index in [-0.39, 0.29) is 6.42 Å². The minimum atomic E-state index is -0.972. The molecule has 0 aliphatic heterocycles. The van der Waals surface area contributed by atoms with Crippen molar-refractivity contribution in [1.82, 2.24) is 5.32 Å². The molecule has 0 radical (unpaired) electrons. The first-order chi connectivity index (χ1) is 17.6. The monoisotopic (exact) mass is 511 g/mol. The van der Waals surface area contributed by atoms with Crippen molar-refractivity contribution in [3.8, 4) is 0 Å². The van der Waals surface area contributed by atoms with E-state index in [9.17, 15) is 14.7 Å². The SMILES string of the molecule is CCCCCCCCCCCCCCCCNC(CC(=O)OCCCCCCCCCCC)C(=O)O. The Labute approximate surface area is 223 Å². The summed E-state index contributed by atoms with van der Waals surface area (Å²) in [5.74, 6) is -1.38. The first-order valence-corrected chi connectivity index (χ1v) is 15.7. The van der Waals surface area contributed by atoms with Gasteiger partial charge in [-0.25, -0.2) is 0 Å². The fraction of sp³-hybridized carbons (Fsp3) is 0.935. The number of hydrogen-bond donors (Lipinski definition) is 2. The number of aliphatic carboxylic acids is 1. The van der Waals surface area contributed by atoms with Crippen LogP contribution in [0.4, 0.5) is 0 Å². The van der Waals surface area contributed by atoms with Crippen molar-refractivity contribution in [2.24, 2.45) is 0 Å². The van der Waals surface area contributed by atoms with Crippen LogP contribution in [0.1, 0.15) is 168 Å². The summed E-state index contributed by atoms with van der Waals surface area (Å²) in [7, 11) is 0. The second-order valence-electron chi connectivity index (χ2n) is 10.7. The third-order valence-electron chi connectivity index (χ3n) is 7.10. The highest BCUT2D eigenvalue weighted by Crippen LogP contribution is 2.13. The molecule has 0 bridgehead atoms. The molecule has 0 amide bonds. The fourth-order valence-corrected chi connectivity index (χ4v) is 4.67. The fourth-order valence-electron chi connectivity index (χ4n) is 4.67. The van der Waals surface area contributed by atoms with E-state index < -0.39 is 18.0 Å². The molecule has 0 aromatic rings. The summed E-state index contributed by atoms with van der Waals surface area (Å²) in [5.41, 5.74) is 0. The highest BCUT2D eigenvalue weighted by molar-refractivity contribution is 5.81. The quantitative estimate of drug-likeness (QED) is 0.0774. The smallest absolute Gasteiger partial charge is 0.321 e. The molecule has 0 heterocycles. The largest absolute Gasteiger partial charge is 0.480 e. The lowest BCUT2D eigenvalue weighted by Crippen LogP contribution is -2.39. The Morgan fingerprint density at radius 2 is 0.944 bits per heavy atom. The molecule has 0 aromatic heterocycles. The lowest BCUT2D eigenvalue weighted by atomic mass is 10.0. The van der Waals surface area contributed by atoms with Crippen molar-refractivity contribution in [1.29, 1.82) is 0 Å². The number of esters is 1. The molecule has 5 nitrogen and oxygen atoms in total. The number of hydrogen-bond acceptors (Lipinski definition) is 4. The first-order valence-electron chi connectivity index (χ1n) is 15.7. The average Bonchev–Trinajstić information content (AvgIpc) is 2.86. The number of nitrogens with one attached hydrogen (secondary N) is 1. The van der Waals surface area contributed by atoms with E-state index in [0.29, 0.717) is 13.2 Å². The van der Waals surface area contributed by atoms with Crippen molar-refractivity contribution in [2.75, 3.05) is 13.2 Å². The van der Waals surface area contributed by atoms with E-state index in [1.165, 1.54) is 122 Å². The molecule has 0 aliphatic rings. The molecule has 5 heteroatoms. The Balaban J connectivity index is 3.55. The van der Waals surface area contributed by atoms with Crippen LogP contribution >= 0.6 is 0 Å². The van der Waals surface area contributed by atoms with Gasteiger partial charge in [-0.1, -0.05) is 149 Å². The van der Waals surface area contributed by atoms with Gasteiger partial charge in [0.15, 0.2) is 0 Å². The second-order valence-corrected chi connectivity index (χ2v) is 10.7.